The Balaban J connectivity index is 1.05. The van der Waals surface area contributed by atoms with Gasteiger partial charge in [-0.3, -0.25) is 0 Å². The van der Waals surface area contributed by atoms with E-state index in [2.05, 4.69) is 30.8 Å². The fourth-order valence-electron chi connectivity index (χ4n) is 7.81. The van der Waals surface area contributed by atoms with Gasteiger partial charge in [-0.25, -0.2) is 0 Å². The first kappa shape index (κ1) is 28.2. The molecule has 3 aliphatic carbocycles. The van der Waals surface area contributed by atoms with Gasteiger partial charge < -0.3 is 9.47 Å². The van der Waals surface area contributed by atoms with Crippen LogP contribution in [0.4, 0.5) is 8.78 Å². The average molecular weight is 537 g/mol. The molecule has 0 radical (unpaired) electrons. The molecule has 5 rings (SSSR count). The summed E-state index contributed by atoms with van der Waals surface area (Å²) in [4.78, 5) is 0. The van der Waals surface area contributed by atoms with E-state index < -0.39 is 11.6 Å². The van der Waals surface area contributed by atoms with Crippen LogP contribution in [0.15, 0.2) is 49.1 Å². The minimum Gasteiger partial charge on any atom is -0.491 e. The molecule has 2 aromatic rings. The molecule has 2 aromatic carbocycles. The predicted molar refractivity (Wildman–Crippen MR) is 154 cm³/mol. The normalized spacial score (nSPS) is 28.9. The van der Waals surface area contributed by atoms with Crippen LogP contribution in [0.5, 0.6) is 11.5 Å². The Labute approximate surface area is 234 Å². The molecule has 0 amide bonds. The van der Waals surface area contributed by atoms with Crippen LogP contribution in [-0.4, -0.2) is 13.2 Å². The van der Waals surface area contributed by atoms with Gasteiger partial charge >= 0.3 is 0 Å². The lowest BCUT2D eigenvalue weighted by Gasteiger charge is -2.45. The largest absolute Gasteiger partial charge is 0.491 e. The summed E-state index contributed by atoms with van der Waals surface area (Å²) in [6.45, 7) is 6.35. The van der Waals surface area contributed by atoms with Crippen LogP contribution in [0, 0.1) is 41.2 Å². The first-order valence-electron chi connectivity index (χ1n) is 15.5. The van der Waals surface area contributed by atoms with E-state index in [9.17, 15) is 8.78 Å². The maximum Gasteiger partial charge on any atom is 0.204 e. The number of hydrogen-bond acceptors (Lipinski definition) is 2. The molecular formula is C35H46F2O2. The average Bonchev–Trinajstić information content (AvgIpc) is 2.98. The van der Waals surface area contributed by atoms with Crippen LogP contribution in [0.3, 0.4) is 0 Å². The molecule has 0 aliphatic heterocycles. The van der Waals surface area contributed by atoms with Crippen LogP contribution >= 0.6 is 0 Å². The van der Waals surface area contributed by atoms with Crippen molar-refractivity contribution in [2.45, 2.75) is 89.9 Å². The Bertz CT molecular complexity index is 1070. The van der Waals surface area contributed by atoms with Crippen LogP contribution in [0.25, 0.3) is 0 Å². The minimum absolute atomic E-state index is 0.00404. The van der Waals surface area contributed by atoms with Gasteiger partial charge in [0.15, 0.2) is 11.5 Å². The smallest absolute Gasteiger partial charge is 0.204 e. The molecule has 4 atom stereocenters. The van der Waals surface area contributed by atoms with E-state index in [1.165, 1.54) is 69.1 Å². The topological polar surface area (TPSA) is 18.5 Å². The summed E-state index contributed by atoms with van der Waals surface area (Å²) in [6.07, 6.45) is 17.2. The van der Waals surface area contributed by atoms with Crippen molar-refractivity contribution in [3.8, 4) is 11.5 Å². The lowest BCUT2D eigenvalue weighted by molar-refractivity contribution is 0.0663. The lowest BCUT2D eigenvalue weighted by Crippen LogP contribution is -2.34. The monoisotopic (exact) mass is 536 g/mol. The van der Waals surface area contributed by atoms with Crippen LogP contribution in [-0.2, 0) is 6.42 Å². The fourth-order valence-corrected chi connectivity index (χ4v) is 7.81. The van der Waals surface area contributed by atoms with E-state index >= 15 is 0 Å². The second-order valence-electron chi connectivity index (χ2n) is 12.4. The van der Waals surface area contributed by atoms with Crippen molar-refractivity contribution in [1.82, 2.24) is 0 Å². The van der Waals surface area contributed by atoms with Gasteiger partial charge in [-0.1, -0.05) is 30.3 Å². The molecule has 0 N–H and O–H groups in total. The molecule has 2 nitrogen and oxygen atoms in total. The molecule has 39 heavy (non-hydrogen) atoms. The third-order valence-corrected chi connectivity index (χ3v) is 10.1. The molecule has 3 aliphatic rings. The second kappa shape index (κ2) is 13.3. The highest BCUT2D eigenvalue weighted by molar-refractivity contribution is 5.35. The summed E-state index contributed by atoms with van der Waals surface area (Å²) in [7, 11) is 0. The third-order valence-electron chi connectivity index (χ3n) is 10.1. The number of benzene rings is 2. The van der Waals surface area contributed by atoms with Crippen molar-refractivity contribution < 1.29 is 18.3 Å². The molecule has 0 bridgehead atoms. The fraction of sp³-hybridized carbons (Fsp3) is 0.600. The Kier molecular flexibility index (Phi) is 9.63. The van der Waals surface area contributed by atoms with Gasteiger partial charge in [-0.15, -0.1) is 6.58 Å². The van der Waals surface area contributed by atoms with Gasteiger partial charge in [-0.2, -0.15) is 8.78 Å². The Morgan fingerprint density at radius 3 is 2.00 bits per heavy atom. The zero-order valence-corrected chi connectivity index (χ0v) is 23.7. The van der Waals surface area contributed by atoms with Gasteiger partial charge in [0.2, 0.25) is 11.6 Å². The Morgan fingerprint density at radius 2 is 1.33 bits per heavy atom. The number of halogens is 2. The first-order valence-corrected chi connectivity index (χ1v) is 15.5. The number of fused-ring (bicyclic) bond motifs is 1. The molecule has 0 spiro atoms. The maximum absolute atomic E-state index is 14.4. The second-order valence-corrected chi connectivity index (χ2v) is 12.4. The molecule has 0 aromatic heterocycles. The van der Waals surface area contributed by atoms with Gasteiger partial charge in [-0.05, 0) is 143 Å². The summed E-state index contributed by atoms with van der Waals surface area (Å²) < 4.78 is 39.4. The quantitative estimate of drug-likeness (QED) is 0.281. The van der Waals surface area contributed by atoms with Gasteiger partial charge in [0.25, 0.3) is 0 Å². The number of aryl methyl sites for hydroxylation is 1. The van der Waals surface area contributed by atoms with Crippen molar-refractivity contribution in [2.75, 3.05) is 13.2 Å². The Morgan fingerprint density at radius 1 is 0.744 bits per heavy atom. The summed E-state index contributed by atoms with van der Waals surface area (Å²) >= 11 is 0. The number of allylic oxidation sites excluding steroid dienone is 1. The highest BCUT2D eigenvalue weighted by Gasteiger charge is 2.39. The first-order chi connectivity index (χ1) is 19.1. The van der Waals surface area contributed by atoms with Crippen molar-refractivity contribution in [2.24, 2.45) is 29.6 Å². The maximum atomic E-state index is 14.4. The molecule has 0 heterocycles. The molecular weight excluding hydrogens is 490 g/mol. The van der Waals surface area contributed by atoms with E-state index in [4.69, 9.17) is 9.47 Å². The lowest BCUT2D eigenvalue weighted by atomic mass is 9.60. The van der Waals surface area contributed by atoms with Gasteiger partial charge in [0.1, 0.15) is 0 Å². The van der Waals surface area contributed by atoms with E-state index in [1.54, 1.807) is 12.5 Å². The Hall–Kier alpha value is -2.36. The van der Waals surface area contributed by atoms with Crippen LogP contribution < -0.4 is 9.47 Å². The SMILES string of the molecule is C=CCCc1ccc(C2CCC3CC(C4CCC(COc5ccc(OCC)c(F)c5F)CC4)CCC3C2)cc1. The summed E-state index contributed by atoms with van der Waals surface area (Å²) in [6, 6.07) is 12.4. The van der Waals surface area contributed by atoms with Crippen molar-refractivity contribution in [1.29, 1.82) is 0 Å². The summed E-state index contributed by atoms with van der Waals surface area (Å²) in [5, 5.41) is 0. The zero-order chi connectivity index (χ0) is 27.2. The van der Waals surface area contributed by atoms with Crippen LogP contribution in [0.1, 0.15) is 94.6 Å². The minimum atomic E-state index is -0.958. The predicted octanol–water partition coefficient (Wildman–Crippen LogP) is 9.67. The molecule has 3 saturated carbocycles. The third kappa shape index (κ3) is 6.87. The standard InChI is InChI=1S/C35H46F2O2/c1-3-5-6-24-7-11-26(12-8-24)28-15-17-31-22-29(16-18-30(31)21-28)27-13-9-25(10-14-27)23-39-33-20-19-32(38-4-2)34(36)35(33)37/h3,7-8,11-12,19-20,25,27-31H,1,4-6,9-10,13-18,21-23H2,2H3. The highest BCUT2D eigenvalue weighted by Crippen LogP contribution is 2.51. The van der Waals surface area contributed by atoms with Gasteiger partial charge in [0.05, 0.1) is 13.2 Å². The van der Waals surface area contributed by atoms with Crippen molar-refractivity contribution >= 4 is 0 Å². The van der Waals surface area contributed by atoms with E-state index in [1.807, 2.05) is 6.08 Å². The number of hydrogen-bond donors (Lipinski definition) is 0. The zero-order valence-electron chi connectivity index (χ0n) is 23.7. The van der Waals surface area contributed by atoms with E-state index in [0.29, 0.717) is 19.1 Å². The molecule has 3 fully saturated rings. The van der Waals surface area contributed by atoms with E-state index in [0.717, 1.165) is 55.3 Å². The molecule has 4 unspecified atom stereocenters. The number of rotatable bonds is 10. The highest BCUT2D eigenvalue weighted by atomic mass is 19.2. The summed E-state index contributed by atoms with van der Waals surface area (Å²) in [5.74, 6) is 2.69. The summed E-state index contributed by atoms with van der Waals surface area (Å²) in [5.41, 5.74) is 2.97. The van der Waals surface area contributed by atoms with Crippen LogP contribution in [0.2, 0.25) is 0 Å². The van der Waals surface area contributed by atoms with Crippen molar-refractivity contribution in [3.05, 3.63) is 71.8 Å². The molecule has 4 heteroatoms. The van der Waals surface area contributed by atoms with Gasteiger partial charge in [0, 0.05) is 0 Å². The van der Waals surface area contributed by atoms with E-state index in [-0.39, 0.29) is 11.5 Å². The molecule has 212 valence electrons. The number of ether oxygens (including phenoxy) is 2. The molecule has 0 saturated heterocycles. The van der Waals surface area contributed by atoms with Crippen molar-refractivity contribution in [3.63, 3.8) is 0 Å².